The quantitative estimate of drug-likeness (QED) is 0.771. The second-order valence-corrected chi connectivity index (χ2v) is 5.36. The maximum atomic E-state index is 13.1. The van der Waals surface area contributed by atoms with E-state index in [2.05, 4.69) is 21.2 Å². The summed E-state index contributed by atoms with van der Waals surface area (Å²) >= 11 is 15.3. The molecule has 0 unspecified atom stereocenters. The van der Waals surface area contributed by atoms with Gasteiger partial charge >= 0.3 is 0 Å². The fourth-order valence-corrected chi connectivity index (χ4v) is 2.70. The van der Waals surface area contributed by atoms with Crippen LogP contribution in [0.15, 0.2) is 40.9 Å². The maximum absolute atomic E-state index is 13.1. The Morgan fingerprint density at radius 3 is 2.50 bits per heavy atom. The molecule has 2 aromatic rings. The van der Waals surface area contributed by atoms with Crippen molar-refractivity contribution in [1.82, 2.24) is 0 Å². The van der Waals surface area contributed by atoms with Crippen LogP contribution in [-0.2, 0) is 6.54 Å². The summed E-state index contributed by atoms with van der Waals surface area (Å²) in [6.45, 7) is 0.517. The van der Waals surface area contributed by atoms with E-state index in [1.54, 1.807) is 0 Å². The zero-order valence-electron chi connectivity index (χ0n) is 9.18. The second-order valence-electron chi connectivity index (χ2n) is 3.69. The summed E-state index contributed by atoms with van der Waals surface area (Å²) in [5.41, 5.74) is 1.60. The summed E-state index contributed by atoms with van der Waals surface area (Å²) in [7, 11) is 0. The summed E-state index contributed by atoms with van der Waals surface area (Å²) in [5, 5.41) is 4.14. The fourth-order valence-electron chi connectivity index (χ4n) is 1.54. The molecule has 0 heterocycles. The molecule has 0 fully saturated rings. The van der Waals surface area contributed by atoms with Crippen LogP contribution in [0.3, 0.4) is 0 Å². The van der Waals surface area contributed by atoms with E-state index in [0.717, 1.165) is 5.56 Å². The third-order valence-corrected chi connectivity index (χ3v) is 3.71. The highest BCUT2D eigenvalue weighted by Gasteiger charge is 2.08. The van der Waals surface area contributed by atoms with Gasteiger partial charge < -0.3 is 5.32 Å². The first kappa shape index (κ1) is 13.7. The standard InChI is InChI=1S/C13H9BrCl2FN/c14-10-5-9(17)6-12(16)13(10)18-7-8-3-1-2-4-11(8)15/h1-6,18H,7H2. The van der Waals surface area contributed by atoms with Crippen molar-refractivity contribution in [3.8, 4) is 0 Å². The molecule has 0 saturated heterocycles. The Morgan fingerprint density at radius 1 is 1.11 bits per heavy atom. The average Bonchev–Trinajstić information content (AvgIpc) is 2.30. The van der Waals surface area contributed by atoms with Crippen molar-refractivity contribution in [1.29, 1.82) is 0 Å². The van der Waals surface area contributed by atoms with Crippen LogP contribution >= 0.6 is 39.1 Å². The molecule has 1 N–H and O–H groups in total. The van der Waals surface area contributed by atoms with Gasteiger partial charge in [-0.05, 0) is 39.7 Å². The van der Waals surface area contributed by atoms with Gasteiger partial charge in [0.05, 0.1) is 10.7 Å². The molecule has 5 heteroatoms. The molecule has 0 bridgehead atoms. The zero-order chi connectivity index (χ0) is 13.1. The average molecular weight is 349 g/mol. The van der Waals surface area contributed by atoms with E-state index in [9.17, 15) is 4.39 Å². The minimum Gasteiger partial charge on any atom is -0.379 e. The van der Waals surface area contributed by atoms with Crippen LogP contribution in [-0.4, -0.2) is 0 Å². The smallest absolute Gasteiger partial charge is 0.125 e. The van der Waals surface area contributed by atoms with Crippen molar-refractivity contribution >= 4 is 44.8 Å². The van der Waals surface area contributed by atoms with Gasteiger partial charge in [0.25, 0.3) is 0 Å². The SMILES string of the molecule is Fc1cc(Cl)c(NCc2ccccc2Cl)c(Br)c1. The van der Waals surface area contributed by atoms with E-state index in [-0.39, 0.29) is 5.82 Å². The van der Waals surface area contributed by atoms with Crippen molar-refractivity contribution in [2.75, 3.05) is 5.32 Å². The van der Waals surface area contributed by atoms with Crippen molar-refractivity contribution in [2.24, 2.45) is 0 Å². The molecule has 0 amide bonds. The molecule has 18 heavy (non-hydrogen) atoms. The lowest BCUT2D eigenvalue weighted by atomic mass is 10.2. The molecule has 0 aliphatic heterocycles. The van der Waals surface area contributed by atoms with Gasteiger partial charge in [-0.2, -0.15) is 0 Å². The van der Waals surface area contributed by atoms with Gasteiger partial charge in [0.15, 0.2) is 0 Å². The highest BCUT2D eigenvalue weighted by Crippen LogP contribution is 2.32. The van der Waals surface area contributed by atoms with Crippen LogP contribution < -0.4 is 5.32 Å². The molecule has 0 saturated carbocycles. The van der Waals surface area contributed by atoms with Gasteiger partial charge in [-0.1, -0.05) is 41.4 Å². The van der Waals surface area contributed by atoms with Crippen LogP contribution in [0.4, 0.5) is 10.1 Å². The minimum absolute atomic E-state index is 0.328. The van der Waals surface area contributed by atoms with Crippen molar-refractivity contribution in [2.45, 2.75) is 6.54 Å². The summed E-state index contributed by atoms with van der Waals surface area (Å²) in [6, 6.07) is 10.1. The van der Waals surface area contributed by atoms with Gasteiger partial charge in [0.1, 0.15) is 5.82 Å². The first-order chi connectivity index (χ1) is 8.58. The lowest BCUT2D eigenvalue weighted by molar-refractivity contribution is 0.627. The Bertz CT molecular complexity index is 552. The highest BCUT2D eigenvalue weighted by atomic mass is 79.9. The Kier molecular flexibility index (Phi) is 4.49. The molecule has 0 spiro atoms. The fraction of sp³-hybridized carbons (Fsp3) is 0.0769. The molecule has 0 radical (unpaired) electrons. The van der Waals surface area contributed by atoms with Crippen LogP contribution in [0.2, 0.25) is 10.0 Å². The minimum atomic E-state index is -0.379. The summed E-state index contributed by atoms with van der Waals surface area (Å²) in [4.78, 5) is 0. The number of hydrogen-bond donors (Lipinski definition) is 1. The third-order valence-electron chi connectivity index (χ3n) is 2.42. The second kappa shape index (κ2) is 5.91. The topological polar surface area (TPSA) is 12.0 Å². The Hall–Kier alpha value is -0.770. The van der Waals surface area contributed by atoms with Crippen molar-refractivity contribution < 1.29 is 4.39 Å². The van der Waals surface area contributed by atoms with Gasteiger partial charge in [-0.3, -0.25) is 0 Å². The zero-order valence-corrected chi connectivity index (χ0v) is 12.3. The van der Waals surface area contributed by atoms with E-state index in [1.807, 2.05) is 24.3 Å². The molecule has 94 valence electrons. The highest BCUT2D eigenvalue weighted by molar-refractivity contribution is 9.10. The third kappa shape index (κ3) is 3.16. The number of anilines is 1. The Morgan fingerprint density at radius 2 is 1.83 bits per heavy atom. The first-order valence-electron chi connectivity index (χ1n) is 5.20. The van der Waals surface area contributed by atoms with Gasteiger partial charge in [0, 0.05) is 16.0 Å². The number of benzene rings is 2. The van der Waals surface area contributed by atoms with E-state index >= 15 is 0 Å². The maximum Gasteiger partial charge on any atom is 0.125 e. The number of rotatable bonds is 3. The molecule has 0 aliphatic rings. The van der Waals surface area contributed by atoms with Crippen LogP contribution in [0.25, 0.3) is 0 Å². The van der Waals surface area contributed by atoms with E-state index < -0.39 is 0 Å². The van der Waals surface area contributed by atoms with Crippen molar-refractivity contribution in [3.05, 3.63) is 62.3 Å². The normalized spacial score (nSPS) is 10.4. The predicted molar refractivity (Wildman–Crippen MR) is 77.9 cm³/mol. The number of nitrogens with one attached hydrogen (secondary N) is 1. The number of hydrogen-bond acceptors (Lipinski definition) is 1. The largest absolute Gasteiger partial charge is 0.379 e. The molecular weight excluding hydrogens is 340 g/mol. The summed E-state index contributed by atoms with van der Waals surface area (Å²) in [6.07, 6.45) is 0. The van der Waals surface area contributed by atoms with Gasteiger partial charge in [-0.25, -0.2) is 4.39 Å². The molecular formula is C13H9BrCl2FN. The van der Waals surface area contributed by atoms with Gasteiger partial charge in [0.2, 0.25) is 0 Å². The molecule has 2 aromatic carbocycles. The molecule has 2 rings (SSSR count). The Labute approximate surface area is 123 Å². The molecule has 0 aromatic heterocycles. The lowest BCUT2D eigenvalue weighted by Crippen LogP contribution is -2.01. The first-order valence-corrected chi connectivity index (χ1v) is 6.74. The molecule has 1 nitrogen and oxygen atoms in total. The molecule has 0 aliphatic carbocycles. The van der Waals surface area contributed by atoms with Gasteiger partial charge in [-0.15, -0.1) is 0 Å². The summed E-state index contributed by atoms with van der Waals surface area (Å²) < 4.78 is 13.7. The monoisotopic (exact) mass is 347 g/mol. The Balaban J connectivity index is 2.19. The summed E-state index contributed by atoms with van der Waals surface area (Å²) in [5.74, 6) is -0.379. The van der Waals surface area contributed by atoms with Crippen molar-refractivity contribution in [3.63, 3.8) is 0 Å². The van der Waals surface area contributed by atoms with E-state index in [4.69, 9.17) is 23.2 Å². The number of halogens is 4. The predicted octanol–water partition coefficient (Wildman–Crippen LogP) is 5.51. The van der Waals surface area contributed by atoms with E-state index in [1.165, 1.54) is 12.1 Å². The van der Waals surface area contributed by atoms with E-state index in [0.29, 0.717) is 26.8 Å². The van der Waals surface area contributed by atoms with Crippen LogP contribution in [0.5, 0.6) is 0 Å². The lowest BCUT2D eigenvalue weighted by Gasteiger charge is -2.11. The van der Waals surface area contributed by atoms with Crippen LogP contribution in [0.1, 0.15) is 5.56 Å². The molecule has 0 atom stereocenters. The van der Waals surface area contributed by atoms with Crippen LogP contribution in [0, 0.1) is 5.82 Å².